The van der Waals surface area contributed by atoms with Gasteiger partial charge in [0.15, 0.2) is 0 Å². The van der Waals surface area contributed by atoms with Crippen molar-refractivity contribution in [2.75, 3.05) is 26.2 Å². The van der Waals surface area contributed by atoms with E-state index in [0.717, 1.165) is 35.2 Å². The van der Waals surface area contributed by atoms with Crippen LogP contribution in [0.25, 0.3) is 10.8 Å². The fourth-order valence-corrected chi connectivity index (χ4v) is 4.14. The molecule has 0 radical (unpaired) electrons. The molecule has 5 heteroatoms. The van der Waals surface area contributed by atoms with Crippen LogP contribution in [0.15, 0.2) is 66.7 Å². The van der Waals surface area contributed by atoms with E-state index >= 15 is 0 Å². The van der Waals surface area contributed by atoms with Crippen molar-refractivity contribution in [1.29, 1.82) is 0 Å². The number of ether oxygens (including phenoxy) is 1. The smallest absolute Gasteiger partial charge is 0.127 e. The molecular formula is C24H26ClNO3. The molecule has 29 heavy (non-hydrogen) atoms. The monoisotopic (exact) mass is 411 g/mol. The minimum Gasteiger partial charge on any atom is -0.490 e. The highest BCUT2D eigenvalue weighted by molar-refractivity contribution is 6.30. The van der Waals surface area contributed by atoms with E-state index in [1.807, 2.05) is 66.7 Å². The normalized spacial score (nSPS) is 17.9. The number of hydrogen-bond donors (Lipinski definition) is 2. The number of benzene rings is 3. The molecule has 0 saturated carbocycles. The first-order chi connectivity index (χ1) is 14.0. The van der Waals surface area contributed by atoms with Crippen LogP contribution in [0.3, 0.4) is 0 Å². The molecule has 3 aromatic carbocycles. The maximum atomic E-state index is 11.0. The van der Waals surface area contributed by atoms with Gasteiger partial charge in [0, 0.05) is 30.0 Å². The number of halogens is 1. The summed E-state index contributed by atoms with van der Waals surface area (Å²) in [6.07, 6.45) is 0.674. The van der Waals surface area contributed by atoms with Crippen molar-refractivity contribution in [2.24, 2.45) is 0 Å². The van der Waals surface area contributed by atoms with Gasteiger partial charge in [0.1, 0.15) is 18.5 Å². The molecule has 3 aromatic rings. The zero-order chi connectivity index (χ0) is 20.3. The van der Waals surface area contributed by atoms with E-state index in [-0.39, 0.29) is 6.61 Å². The van der Waals surface area contributed by atoms with E-state index in [4.69, 9.17) is 16.3 Å². The Morgan fingerprint density at radius 2 is 1.66 bits per heavy atom. The molecule has 1 atom stereocenters. The van der Waals surface area contributed by atoms with Crippen LogP contribution in [-0.2, 0) is 5.60 Å². The van der Waals surface area contributed by atoms with E-state index < -0.39 is 11.7 Å². The van der Waals surface area contributed by atoms with Crippen LogP contribution in [0.4, 0.5) is 0 Å². The van der Waals surface area contributed by atoms with Crippen LogP contribution in [0, 0.1) is 0 Å². The molecule has 4 rings (SSSR count). The summed E-state index contributed by atoms with van der Waals surface area (Å²) in [6, 6.07) is 21.4. The van der Waals surface area contributed by atoms with Gasteiger partial charge in [-0.1, -0.05) is 60.1 Å². The van der Waals surface area contributed by atoms with Gasteiger partial charge in [0.2, 0.25) is 0 Å². The van der Waals surface area contributed by atoms with Crippen LogP contribution in [-0.4, -0.2) is 47.5 Å². The first kappa shape index (κ1) is 20.2. The molecule has 1 aliphatic heterocycles. The number of β-amino-alcohol motifs (C(OH)–C–C–N with tert-alkyl or cyclic N) is 1. The highest BCUT2D eigenvalue weighted by Gasteiger charge is 2.34. The van der Waals surface area contributed by atoms with Crippen molar-refractivity contribution in [3.63, 3.8) is 0 Å². The third kappa shape index (κ3) is 4.73. The molecule has 0 bridgehead atoms. The predicted molar refractivity (Wildman–Crippen MR) is 116 cm³/mol. The quantitative estimate of drug-likeness (QED) is 0.637. The molecular weight excluding hydrogens is 386 g/mol. The highest BCUT2D eigenvalue weighted by Crippen LogP contribution is 2.33. The van der Waals surface area contributed by atoms with Crippen LogP contribution < -0.4 is 4.74 Å². The van der Waals surface area contributed by atoms with Gasteiger partial charge in [-0.2, -0.15) is 0 Å². The molecule has 0 aliphatic carbocycles. The first-order valence-electron chi connectivity index (χ1n) is 10.0. The van der Waals surface area contributed by atoms with Crippen molar-refractivity contribution >= 4 is 22.4 Å². The molecule has 1 aliphatic rings. The SMILES string of the molecule is OC(COc1cccc2ccccc12)CN1CCC(O)(c2ccc(Cl)cc2)CC1. The number of rotatable bonds is 6. The molecule has 1 fully saturated rings. The van der Waals surface area contributed by atoms with E-state index in [1.165, 1.54) is 0 Å². The maximum Gasteiger partial charge on any atom is 0.127 e. The first-order valence-corrected chi connectivity index (χ1v) is 10.4. The van der Waals surface area contributed by atoms with E-state index in [1.54, 1.807) is 0 Å². The lowest BCUT2D eigenvalue weighted by Gasteiger charge is -2.39. The molecule has 152 valence electrons. The lowest BCUT2D eigenvalue weighted by atomic mass is 9.84. The van der Waals surface area contributed by atoms with Crippen LogP contribution in [0.5, 0.6) is 5.75 Å². The van der Waals surface area contributed by atoms with Crippen molar-refractivity contribution < 1.29 is 14.9 Å². The molecule has 0 spiro atoms. The van der Waals surface area contributed by atoms with Gasteiger partial charge in [-0.15, -0.1) is 0 Å². The van der Waals surface area contributed by atoms with E-state index in [0.29, 0.717) is 24.4 Å². The van der Waals surface area contributed by atoms with Crippen LogP contribution in [0.2, 0.25) is 5.02 Å². The minimum absolute atomic E-state index is 0.242. The summed E-state index contributed by atoms with van der Waals surface area (Å²) in [7, 11) is 0. The zero-order valence-electron chi connectivity index (χ0n) is 16.3. The molecule has 1 heterocycles. The lowest BCUT2D eigenvalue weighted by Crippen LogP contribution is -2.46. The summed E-state index contributed by atoms with van der Waals surface area (Å²) in [6.45, 7) is 2.22. The van der Waals surface area contributed by atoms with Gasteiger partial charge >= 0.3 is 0 Å². The number of aliphatic hydroxyl groups excluding tert-OH is 1. The molecule has 2 N–H and O–H groups in total. The largest absolute Gasteiger partial charge is 0.490 e. The zero-order valence-corrected chi connectivity index (χ0v) is 17.1. The van der Waals surface area contributed by atoms with Gasteiger partial charge in [0.05, 0.1) is 5.60 Å². The van der Waals surface area contributed by atoms with E-state index in [9.17, 15) is 10.2 Å². The highest BCUT2D eigenvalue weighted by atomic mass is 35.5. The molecule has 0 aromatic heterocycles. The number of piperidine rings is 1. The van der Waals surface area contributed by atoms with Crippen LogP contribution in [0.1, 0.15) is 18.4 Å². The summed E-state index contributed by atoms with van der Waals surface area (Å²) >= 11 is 5.95. The Labute approximate surface area is 176 Å². The Morgan fingerprint density at radius 1 is 0.966 bits per heavy atom. The molecule has 4 nitrogen and oxygen atoms in total. The second-order valence-electron chi connectivity index (χ2n) is 7.78. The fourth-order valence-electron chi connectivity index (χ4n) is 4.01. The summed E-state index contributed by atoms with van der Waals surface area (Å²) in [5.41, 5.74) is 0.0762. The fraction of sp³-hybridized carbons (Fsp3) is 0.333. The van der Waals surface area contributed by atoms with Gasteiger partial charge < -0.3 is 19.8 Å². The Hall–Kier alpha value is -2.11. The number of aliphatic hydroxyl groups is 2. The predicted octanol–water partition coefficient (Wildman–Crippen LogP) is 4.22. The Balaban J connectivity index is 1.30. The summed E-state index contributed by atoms with van der Waals surface area (Å²) in [4.78, 5) is 2.18. The third-order valence-corrected chi connectivity index (χ3v) is 5.97. The number of likely N-dealkylation sites (tertiary alicyclic amines) is 1. The van der Waals surface area contributed by atoms with Crippen molar-refractivity contribution in [3.05, 3.63) is 77.3 Å². The summed E-state index contributed by atoms with van der Waals surface area (Å²) < 4.78 is 5.91. The van der Waals surface area contributed by atoms with Crippen LogP contribution >= 0.6 is 11.6 Å². The molecule has 0 amide bonds. The Bertz CT molecular complexity index is 947. The van der Waals surface area contributed by atoms with Crippen molar-refractivity contribution in [2.45, 2.75) is 24.5 Å². The maximum absolute atomic E-state index is 11.0. The van der Waals surface area contributed by atoms with Gasteiger partial charge in [-0.3, -0.25) is 0 Å². The standard InChI is InChI=1S/C24H26ClNO3/c25-20-10-8-19(9-11-20)24(28)12-14-26(15-13-24)16-21(27)17-29-23-7-3-5-18-4-1-2-6-22(18)23/h1-11,21,27-28H,12-17H2. The molecule has 1 unspecified atom stereocenters. The van der Waals surface area contributed by atoms with Crippen molar-refractivity contribution in [1.82, 2.24) is 4.90 Å². The Morgan fingerprint density at radius 3 is 2.41 bits per heavy atom. The summed E-state index contributed by atoms with van der Waals surface area (Å²) in [5, 5.41) is 24.3. The second kappa shape index (κ2) is 8.72. The number of hydrogen-bond acceptors (Lipinski definition) is 4. The summed E-state index contributed by atoms with van der Waals surface area (Å²) in [5.74, 6) is 0.790. The average molecular weight is 412 g/mol. The van der Waals surface area contributed by atoms with Gasteiger partial charge in [0.25, 0.3) is 0 Å². The topological polar surface area (TPSA) is 52.9 Å². The van der Waals surface area contributed by atoms with Gasteiger partial charge in [-0.25, -0.2) is 0 Å². The van der Waals surface area contributed by atoms with E-state index in [2.05, 4.69) is 4.90 Å². The van der Waals surface area contributed by atoms with Gasteiger partial charge in [-0.05, 0) is 42.0 Å². The average Bonchev–Trinajstić information content (AvgIpc) is 2.74. The number of nitrogens with zero attached hydrogens (tertiary/aromatic N) is 1. The third-order valence-electron chi connectivity index (χ3n) is 5.71. The molecule has 1 saturated heterocycles. The number of fused-ring (bicyclic) bond motifs is 1. The lowest BCUT2D eigenvalue weighted by molar-refractivity contribution is -0.0372. The second-order valence-corrected chi connectivity index (χ2v) is 8.22. The van der Waals surface area contributed by atoms with Crippen molar-refractivity contribution in [3.8, 4) is 5.75 Å². The Kier molecular flexibility index (Phi) is 6.07. The minimum atomic E-state index is -0.828.